The fourth-order valence-corrected chi connectivity index (χ4v) is 3.70. The van der Waals surface area contributed by atoms with Gasteiger partial charge in [0.1, 0.15) is 0 Å². The van der Waals surface area contributed by atoms with E-state index < -0.39 is 0 Å². The van der Waals surface area contributed by atoms with Crippen LogP contribution in [0, 0.1) is 0 Å². The van der Waals surface area contributed by atoms with Crippen molar-refractivity contribution in [3.05, 3.63) is 35.9 Å². The molecule has 1 aromatic carbocycles. The van der Waals surface area contributed by atoms with Crippen LogP contribution >= 0.6 is 24.2 Å². The second-order valence-corrected chi connectivity index (χ2v) is 6.84. The molecule has 2 unspecified atom stereocenters. The van der Waals surface area contributed by atoms with E-state index in [2.05, 4.69) is 36.5 Å². The fourth-order valence-electron chi connectivity index (χ4n) is 2.75. The molecule has 0 radical (unpaired) electrons. The van der Waals surface area contributed by atoms with Crippen molar-refractivity contribution in [2.75, 3.05) is 25.1 Å². The van der Waals surface area contributed by atoms with Crippen LogP contribution in [0.3, 0.4) is 0 Å². The summed E-state index contributed by atoms with van der Waals surface area (Å²) in [5, 5.41) is 3.44. The first kappa shape index (κ1) is 19.3. The Morgan fingerprint density at radius 1 is 1.41 bits per heavy atom. The Bertz CT molecular complexity index is 438. The second kappa shape index (κ2) is 10.1. The normalized spacial score (nSPS) is 19.1. The van der Waals surface area contributed by atoms with Gasteiger partial charge in [-0.3, -0.25) is 4.79 Å². The molecule has 2 atom stereocenters. The number of carbonyl (C=O) groups excluding carboxylic acids is 1. The summed E-state index contributed by atoms with van der Waals surface area (Å²) in [4.78, 5) is 14.4. The van der Waals surface area contributed by atoms with Crippen molar-refractivity contribution in [3.8, 4) is 0 Å². The molecule has 0 spiro atoms. The molecule has 1 amide bonds. The standard InChI is InChI=1S/C17H26N2OS.ClH/c1-3-16(11-14-7-5-4-6-8-14)19(2)17(20)12-15-13-21-10-9-18-15;/h4-8,15-16,18H,3,9-13H2,1-2H3;1H. The predicted molar refractivity (Wildman–Crippen MR) is 98.0 cm³/mol. The third-order valence-electron chi connectivity index (χ3n) is 4.15. The number of halogens is 1. The molecule has 1 fully saturated rings. The van der Waals surface area contributed by atoms with Gasteiger partial charge in [-0.1, -0.05) is 37.3 Å². The molecule has 0 aromatic heterocycles. The van der Waals surface area contributed by atoms with Crippen LogP contribution in [0.4, 0.5) is 0 Å². The number of hydrogen-bond donors (Lipinski definition) is 1. The van der Waals surface area contributed by atoms with Gasteiger partial charge in [-0.2, -0.15) is 11.8 Å². The van der Waals surface area contributed by atoms with Crippen LogP contribution in [0.2, 0.25) is 0 Å². The highest BCUT2D eigenvalue weighted by molar-refractivity contribution is 7.99. The largest absolute Gasteiger partial charge is 0.342 e. The average molecular weight is 343 g/mol. The van der Waals surface area contributed by atoms with E-state index in [4.69, 9.17) is 0 Å². The monoisotopic (exact) mass is 342 g/mol. The maximum Gasteiger partial charge on any atom is 0.224 e. The summed E-state index contributed by atoms with van der Waals surface area (Å²) in [7, 11) is 1.95. The molecule has 3 nitrogen and oxygen atoms in total. The molecule has 1 aromatic rings. The molecule has 124 valence electrons. The average Bonchev–Trinajstić information content (AvgIpc) is 2.54. The molecule has 1 heterocycles. The summed E-state index contributed by atoms with van der Waals surface area (Å²) < 4.78 is 0. The highest BCUT2D eigenvalue weighted by atomic mass is 35.5. The van der Waals surface area contributed by atoms with Gasteiger partial charge in [-0.15, -0.1) is 12.4 Å². The number of rotatable bonds is 6. The zero-order valence-corrected chi connectivity index (χ0v) is 15.1. The minimum absolute atomic E-state index is 0. The van der Waals surface area contributed by atoms with Gasteiger partial charge >= 0.3 is 0 Å². The van der Waals surface area contributed by atoms with Crippen molar-refractivity contribution in [2.24, 2.45) is 0 Å². The summed E-state index contributed by atoms with van der Waals surface area (Å²) in [6.07, 6.45) is 2.55. The summed E-state index contributed by atoms with van der Waals surface area (Å²) in [5.74, 6) is 2.47. The zero-order valence-electron chi connectivity index (χ0n) is 13.5. The zero-order chi connectivity index (χ0) is 15.1. The lowest BCUT2D eigenvalue weighted by molar-refractivity contribution is -0.132. The minimum Gasteiger partial charge on any atom is -0.342 e. The van der Waals surface area contributed by atoms with E-state index in [1.807, 2.05) is 29.8 Å². The number of amides is 1. The van der Waals surface area contributed by atoms with Crippen molar-refractivity contribution in [2.45, 2.75) is 38.3 Å². The summed E-state index contributed by atoms with van der Waals surface area (Å²) >= 11 is 1.94. The smallest absolute Gasteiger partial charge is 0.224 e. The Kier molecular flexibility index (Phi) is 8.91. The molecule has 0 saturated carbocycles. The van der Waals surface area contributed by atoms with Crippen LogP contribution in [0.15, 0.2) is 30.3 Å². The van der Waals surface area contributed by atoms with Crippen molar-refractivity contribution >= 4 is 30.1 Å². The topological polar surface area (TPSA) is 32.3 Å². The van der Waals surface area contributed by atoms with Gasteiger partial charge in [0, 0.05) is 43.6 Å². The molecule has 1 N–H and O–H groups in total. The molecule has 1 aliphatic heterocycles. The number of carbonyl (C=O) groups is 1. The van der Waals surface area contributed by atoms with Gasteiger partial charge in [-0.05, 0) is 18.4 Å². The van der Waals surface area contributed by atoms with Gasteiger partial charge in [-0.25, -0.2) is 0 Å². The second-order valence-electron chi connectivity index (χ2n) is 5.69. The number of likely N-dealkylation sites (N-methyl/N-ethyl adjacent to an activating group) is 1. The Labute approximate surface area is 144 Å². The molecule has 0 bridgehead atoms. The van der Waals surface area contributed by atoms with Crippen molar-refractivity contribution in [1.82, 2.24) is 10.2 Å². The predicted octanol–water partition coefficient (Wildman–Crippen LogP) is 2.98. The van der Waals surface area contributed by atoms with Crippen molar-refractivity contribution in [3.63, 3.8) is 0 Å². The molecule has 1 aliphatic rings. The van der Waals surface area contributed by atoms with E-state index in [9.17, 15) is 4.79 Å². The van der Waals surface area contributed by atoms with E-state index in [1.54, 1.807) is 0 Å². The van der Waals surface area contributed by atoms with Gasteiger partial charge in [0.25, 0.3) is 0 Å². The first-order valence-electron chi connectivity index (χ1n) is 7.81. The lowest BCUT2D eigenvalue weighted by Crippen LogP contribution is -2.44. The molecular formula is C17H27ClN2OS. The highest BCUT2D eigenvalue weighted by Crippen LogP contribution is 2.15. The summed E-state index contributed by atoms with van der Waals surface area (Å²) in [6.45, 7) is 3.18. The number of thioether (sulfide) groups is 1. The van der Waals surface area contributed by atoms with Gasteiger partial charge in [0.2, 0.25) is 5.91 Å². The van der Waals surface area contributed by atoms with E-state index in [0.29, 0.717) is 12.5 Å². The third-order valence-corrected chi connectivity index (χ3v) is 5.28. The van der Waals surface area contributed by atoms with Crippen LogP contribution in [-0.2, 0) is 11.2 Å². The van der Waals surface area contributed by atoms with Crippen LogP contribution in [-0.4, -0.2) is 48.0 Å². The Morgan fingerprint density at radius 2 is 2.14 bits per heavy atom. The Balaban J connectivity index is 0.00000242. The Morgan fingerprint density at radius 3 is 2.73 bits per heavy atom. The molecule has 5 heteroatoms. The first-order chi connectivity index (χ1) is 10.2. The third kappa shape index (κ3) is 5.82. The van der Waals surface area contributed by atoms with Gasteiger partial charge < -0.3 is 10.2 Å². The number of benzene rings is 1. The number of nitrogens with one attached hydrogen (secondary N) is 1. The number of nitrogens with zero attached hydrogens (tertiary/aromatic N) is 1. The van der Waals surface area contributed by atoms with Gasteiger partial charge in [0.05, 0.1) is 0 Å². The van der Waals surface area contributed by atoms with Crippen LogP contribution in [0.1, 0.15) is 25.3 Å². The lowest BCUT2D eigenvalue weighted by Gasteiger charge is -2.30. The molecule has 2 rings (SSSR count). The van der Waals surface area contributed by atoms with E-state index in [-0.39, 0.29) is 24.4 Å². The quantitative estimate of drug-likeness (QED) is 0.862. The maximum absolute atomic E-state index is 12.5. The van der Waals surface area contributed by atoms with Crippen molar-refractivity contribution in [1.29, 1.82) is 0 Å². The molecule has 0 aliphatic carbocycles. The van der Waals surface area contributed by atoms with Crippen LogP contribution in [0.5, 0.6) is 0 Å². The van der Waals surface area contributed by atoms with Crippen LogP contribution < -0.4 is 5.32 Å². The highest BCUT2D eigenvalue weighted by Gasteiger charge is 2.23. The van der Waals surface area contributed by atoms with E-state index >= 15 is 0 Å². The lowest BCUT2D eigenvalue weighted by atomic mass is 10.0. The summed E-state index contributed by atoms with van der Waals surface area (Å²) in [5.41, 5.74) is 1.30. The number of hydrogen-bond acceptors (Lipinski definition) is 3. The van der Waals surface area contributed by atoms with E-state index in [1.165, 1.54) is 5.56 Å². The molecule has 1 saturated heterocycles. The maximum atomic E-state index is 12.5. The van der Waals surface area contributed by atoms with Crippen molar-refractivity contribution < 1.29 is 4.79 Å². The fraction of sp³-hybridized carbons (Fsp3) is 0.588. The minimum atomic E-state index is 0. The van der Waals surface area contributed by atoms with E-state index in [0.717, 1.165) is 30.9 Å². The molecule has 22 heavy (non-hydrogen) atoms. The van der Waals surface area contributed by atoms with Gasteiger partial charge in [0.15, 0.2) is 0 Å². The Hall–Kier alpha value is -0.710. The molecular weight excluding hydrogens is 316 g/mol. The first-order valence-corrected chi connectivity index (χ1v) is 8.97. The van der Waals surface area contributed by atoms with Crippen LogP contribution in [0.25, 0.3) is 0 Å². The SMILES string of the molecule is CCC(Cc1ccccc1)N(C)C(=O)CC1CSCCN1.Cl. The summed E-state index contributed by atoms with van der Waals surface area (Å²) in [6, 6.07) is 11.1.